The quantitative estimate of drug-likeness (QED) is 0.896. The van der Waals surface area contributed by atoms with E-state index in [1.54, 1.807) is 6.07 Å². The first-order chi connectivity index (χ1) is 9.79. The van der Waals surface area contributed by atoms with Gasteiger partial charge in [-0.1, -0.05) is 0 Å². The zero-order chi connectivity index (χ0) is 15.6. The molecule has 1 heterocycles. The Labute approximate surface area is 125 Å². The number of hydrogen-bond donors (Lipinski definition) is 2. The van der Waals surface area contributed by atoms with Crippen LogP contribution in [0.1, 0.15) is 43.1 Å². The first-order valence-electron chi connectivity index (χ1n) is 7.19. The summed E-state index contributed by atoms with van der Waals surface area (Å²) in [5, 5.41) is 12.3. The van der Waals surface area contributed by atoms with Crippen molar-refractivity contribution in [1.29, 1.82) is 0 Å². The second-order valence-corrected chi connectivity index (χ2v) is 6.36. The van der Waals surface area contributed by atoms with Crippen molar-refractivity contribution in [3.63, 3.8) is 0 Å². The lowest BCUT2D eigenvalue weighted by Gasteiger charge is -2.34. The van der Waals surface area contributed by atoms with Crippen LogP contribution in [-0.4, -0.2) is 40.5 Å². The summed E-state index contributed by atoms with van der Waals surface area (Å²) in [6, 6.07) is 5.55. The van der Waals surface area contributed by atoms with Crippen LogP contribution < -0.4 is 5.32 Å². The summed E-state index contributed by atoms with van der Waals surface area (Å²) in [4.78, 5) is 25.1. The first-order valence-corrected chi connectivity index (χ1v) is 7.19. The lowest BCUT2D eigenvalue weighted by atomic mass is 9.98. The Morgan fingerprint density at radius 2 is 2.05 bits per heavy atom. The van der Waals surface area contributed by atoms with E-state index < -0.39 is 11.5 Å². The smallest absolute Gasteiger partial charge is 0.323 e. The second-order valence-electron chi connectivity index (χ2n) is 6.36. The number of carboxylic acids is 1. The number of carbonyl (C=O) groups is 2. The Balaban J connectivity index is 2.30. The molecule has 1 amide bonds. The van der Waals surface area contributed by atoms with Crippen LogP contribution >= 0.6 is 0 Å². The van der Waals surface area contributed by atoms with E-state index in [2.05, 4.69) is 5.32 Å². The summed E-state index contributed by atoms with van der Waals surface area (Å²) in [6.45, 7) is 6.18. The van der Waals surface area contributed by atoms with Crippen LogP contribution in [0.15, 0.2) is 18.2 Å². The third-order valence-corrected chi connectivity index (χ3v) is 3.64. The van der Waals surface area contributed by atoms with Gasteiger partial charge in [-0.05, 0) is 57.4 Å². The van der Waals surface area contributed by atoms with Crippen molar-refractivity contribution in [1.82, 2.24) is 4.90 Å². The SMILES string of the molecule is CC(C)(C)N(CC(=O)O)C(=O)c1ccc2c(c1)CCCN2. The fraction of sp³-hybridized carbons (Fsp3) is 0.500. The number of nitrogens with one attached hydrogen (secondary N) is 1. The molecule has 0 aliphatic carbocycles. The van der Waals surface area contributed by atoms with Crippen LogP contribution in [0.4, 0.5) is 5.69 Å². The van der Waals surface area contributed by atoms with E-state index in [9.17, 15) is 9.59 Å². The Morgan fingerprint density at radius 1 is 1.33 bits per heavy atom. The molecule has 2 rings (SSSR count). The molecule has 1 aliphatic heterocycles. The summed E-state index contributed by atoms with van der Waals surface area (Å²) in [5.41, 5.74) is 2.20. The Hall–Kier alpha value is -2.04. The number of rotatable bonds is 3. The van der Waals surface area contributed by atoms with Crippen molar-refractivity contribution < 1.29 is 14.7 Å². The average molecular weight is 290 g/mol. The molecule has 1 aromatic rings. The van der Waals surface area contributed by atoms with E-state index in [-0.39, 0.29) is 12.5 Å². The molecule has 0 atom stereocenters. The maximum absolute atomic E-state index is 12.7. The zero-order valence-corrected chi connectivity index (χ0v) is 12.8. The van der Waals surface area contributed by atoms with Gasteiger partial charge in [-0.2, -0.15) is 0 Å². The monoisotopic (exact) mass is 290 g/mol. The predicted octanol–water partition coefficient (Wildman–Crippen LogP) is 2.37. The van der Waals surface area contributed by atoms with E-state index in [0.29, 0.717) is 5.56 Å². The van der Waals surface area contributed by atoms with Gasteiger partial charge < -0.3 is 15.3 Å². The number of fused-ring (bicyclic) bond motifs is 1. The van der Waals surface area contributed by atoms with E-state index in [4.69, 9.17) is 5.11 Å². The molecule has 0 saturated heterocycles. The van der Waals surface area contributed by atoms with Gasteiger partial charge in [0.05, 0.1) is 0 Å². The van der Waals surface area contributed by atoms with Crippen LogP contribution in [-0.2, 0) is 11.2 Å². The van der Waals surface area contributed by atoms with Gasteiger partial charge in [0.1, 0.15) is 6.54 Å². The molecule has 0 spiro atoms. The van der Waals surface area contributed by atoms with Crippen molar-refractivity contribution in [2.45, 2.75) is 39.2 Å². The molecule has 0 aromatic heterocycles. The maximum atomic E-state index is 12.7. The second kappa shape index (κ2) is 5.76. The third-order valence-electron chi connectivity index (χ3n) is 3.64. The minimum absolute atomic E-state index is 0.238. The summed E-state index contributed by atoms with van der Waals surface area (Å²) in [6.07, 6.45) is 1.99. The van der Waals surface area contributed by atoms with E-state index in [1.165, 1.54) is 4.90 Å². The van der Waals surface area contributed by atoms with Crippen LogP contribution in [0.2, 0.25) is 0 Å². The molecule has 0 bridgehead atoms. The number of amides is 1. The molecule has 114 valence electrons. The molecular weight excluding hydrogens is 268 g/mol. The number of benzene rings is 1. The highest BCUT2D eigenvalue weighted by atomic mass is 16.4. The Morgan fingerprint density at radius 3 is 2.67 bits per heavy atom. The topological polar surface area (TPSA) is 69.6 Å². The first kappa shape index (κ1) is 15.4. The molecule has 1 aromatic carbocycles. The normalized spacial score (nSPS) is 14.0. The lowest BCUT2D eigenvalue weighted by molar-refractivity contribution is -0.138. The minimum Gasteiger partial charge on any atom is -0.480 e. The summed E-state index contributed by atoms with van der Waals surface area (Å²) in [5.74, 6) is -1.24. The van der Waals surface area contributed by atoms with Crippen molar-refractivity contribution in [3.05, 3.63) is 29.3 Å². The van der Waals surface area contributed by atoms with Crippen LogP contribution in [0.25, 0.3) is 0 Å². The molecule has 0 fully saturated rings. The number of aliphatic carboxylic acids is 1. The van der Waals surface area contributed by atoms with E-state index >= 15 is 0 Å². The zero-order valence-electron chi connectivity index (χ0n) is 12.8. The highest BCUT2D eigenvalue weighted by Crippen LogP contribution is 2.25. The predicted molar refractivity (Wildman–Crippen MR) is 81.7 cm³/mol. The van der Waals surface area contributed by atoms with Crippen molar-refractivity contribution in [2.24, 2.45) is 0 Å². The number of aryl methyl sites for hydroxylation is 1. The molecule has 21 heavy (non-hydrogen) atoms. The van der Waals surface area contributed by atoms with Crippen LogP contribution in [0, 0.1) is 0 Å². The third kappa shape index (κ3) is 3.54. The van der Waals surface area contributed by atoms with Gasteiger partial charge in [0.2, 0.25) is 0 Å². The largest absolute Gasteiger partial charge is 0.480 e. The van der Waals surface area contributed by atoms with Crippen LogP contribution in [0.3, 0.4) is 0 Å². The van der Waals surface area contributed by atoms with Gasteiger partial charge in [0, 0.05) is 23.3 Å². The Bertz CT molecular complexity index is 561. The van der Waals surface area contributed by atoms with Gasteiger partial charge in [0.15, 0.2) is 0 Å². The molecule has 0 saturated carbocycles. The number of hydrogen-bond acceptors (Lipinski definition) is 3. The number of carboxylic acid groups (broad SMARTS) is 1. The average Bonchev–Trinajstić information content (AvgIpc) is 2.42. The fourth-order valence-electron chi connectivity index (χ4n) is 2.51. The Kier molecular flexibility index (Phi) is 4.21. The molecule has 5 nitrogen and oxygen atoms in total. The van der Waals surface area contributed by atoms with Crippen molar-refractivity contribution in [3.8, 4) is 0 Å². The molecule has 0 radical (unpaired) electrons. The number of anilines is 1. The van der Waals surface area contributed by atoms with Gasteiger partial charge in [-0.3, -0.25) is 9.59 Å². The number of nitrogens with zero attached hydrogens (tertiary/aromatic N) is 1. The molecule has 2 N–H and O–H groups in total. The fourth-order valence-corrected chi connectivity index (χ4v) is 2.51. The van der Waals surface area contributed by atoms with Gasteiger partial charge in [0.25, 0.3) is 5.91 Å². The maximum Gasteiger partial charge on any atom is 0.323 e. The van der Waals surface area contributed by atoms with Gasteiger partial charge in [-0.15, -0.1) is 0 Å². The molecule has 0 unspecified atom stereocenters. The lowest BCUT2D eigenvalue weighted by Crippen LogP contribution is -2.48. The van der Waals surface area contributed by atoms with Crippen LogP contribution in [0.5, 0.6) is 0 Å². The minimum atomic E-state index is -1.00. The molecule has 5 heteroatoms. The summed E-state index contributed by atoms with van der Waals surface area (Å²) >= 11 is 0. The highest BCUT2D eigenvalue weighted by molar-refractivity contribution is 5.97. The standard InChI is InChI=1S/C16H22N2O3/c1-16(2,3)18(10-14(19)20)15(21)12-6-7-13-11(9-12)5-4-8-17-13/h6-7,9,17H,4-5,8,10H2,1-3H3,(H,19,20). The van der Waals surface area contributed by atoms with Gasteiger partial charge in [-0.25, -0.2) is 0 Å². The van der Waals surface area contributed by atoms with E-state index in [0.717, 1.165) is 30.6 Å². The van der Waals surface area contributed by atoms with E-state index in [1.807, 2.05) is 32.9 Å². The number of carbonyl (C=O) groups excluding carboxylic acids is 1. The molecular formula is C16H22N2O3. The summed E-state index contributed by atoms with van der Waals surface area (Å²) < 4.78 is 0. The molecule has 1 aliphatic rings. The van der Waals surface area contributed by atoms with Crippen molar-refractivity contribution >= 4 is 17.6 Å². The summed E-state index contributed by atoms with van der Waals surface area (Å²) in [7, 11) is 0. The van der Waals surface area contributed by atoms with Gasteiger partial charge >= 0.3 is 5.97 Å². The highest BCUT2D eigenvalue weighted by Gasteiger charge is 2.29. The van der Waals surface area contributed by atoms with Crippen molar-refractivity contribution in [2.75, 3.05) is 18.4 Å².